The number of benzene rings is 3. The molecule has 0 N–H and O–H groups in total. The van der Waals surface area contributed by atoms with Crippen molar-refractivity contribution in [3.8, 4) is 5.75 Å². The fraction of sp³-hybridized carbons (Fsp3) is 0.0870. The summed E-state index contributed by atoms with van der Waals surface area (Å²) in [5, 5.41) is 4.87. The van der Waals surface area contributed by atoms with Crippen molar-refractivity contribution in [2.45, 2.75) is 13.5 Å². The fourth-order valence-electron chi connectivity index (χ4n) is 2.98. The van der Waals surface area contributed by atoms with Gasteiger partial charge >= 0.3 is 0 Å². The SMILES string of the molecule is Cc1nc2ccc(Br)cc2c(=O)n1N=Cc1ccc(OCc2ccc(Br)cc2)c(Br)c1. The van der Waals surface area contributed by atoms with Gasteiger partial charge < -0.3 is 4.74 Å². The molecule has 0 saturated carbocycles. The van der Waals surface area contributed by atoms with Crippen LogP contribution in [0, 0.1) is 6.92 Å². The molecule has 1 heterocycles. The lowest BCUT2D eigenvalue weighted by Crippen LogP contribution is -2.20. The molecular formula is C23H16Br3N3O2. The van der Waals surface area contributed by atoms with Gasteiger partial charge in [0, 0.05) is 8.95 Å². The molecule has 3 aromatic carbocycles. The van der Waals surface area contributed by atoms with E-state index in [0.717, 1.165) is 30.3 Å². The number of aryl methyl sites for hydroxylation is 1. The molecule has 0 bridgehead atoms. The van der Waals surface area contributed by atoms with E-state index in [1.54, 1.807) is 19.2 Å². The predicted octanol–water partition coefficient (Wildman–Crippen LogP) is 6.45. The highest BCUT2D eigenvalue weighted by Gasteiger charge is 2.08. The van der Waals surface area contributed by atoms with E-state index in [9.17, 15) is 4.79 Å². The van der Waals surface area contributed by atoms with Crippen LogP contribution in [0.2, 0.25) is 0 Å². The van der Waals surface area contributed by atoms with Crippen LogP contribution in [0.5, 0.6) is 5.75 Å². The Bertz CT molecular complexity index is 1350. The lowest BCUT2D eigenvalue weighted by atomic mass is 10.2. The second kappa shape index (κ2) is 9.46. The van der Waals surface area contributed by atoms with E-state index in [2.05, 4.69) is 57.9 Å². The maximum atomic E-state index is 12.8. The van der Waals surface area contributed by atoms with E-state index < -0.39 is 0 Å². The van der Waals surface area contributed by atoms with Crippen molar-refractivity contribution in [1.29, 1.82) is 0 Å². The largest absolute Gasteiger partial charge is 0.488 e. The minimum atomic E-state index is -0.214. The number of hydrogen-bond donors (Lipinski definition) is 0. The normalized spacial score (nSPS) is 11.4. The van der Waals surface area contributed by atoms with Crippen molar-refractivity contribution in [3.05, 3.63) is 101 Å². The Hall–Kier alpha value is -2.29. The number of ether oxygens (including phenoxy) is 1. The lowest BCUT2D eigenvalue weighted by Gasteiger charge is -2.09. The second-order valence-electron chi connectivity index (χ2n) is 6.79. The maximum Gasteiger partial charge on any atom is 0.282 e. The van der Waals surface area contributed by atoms with Gasteiger partial charge in [-0.1, -0.05) is 44.0 Å². The molecule has 31 heavy (non-hydrogen) atoms. The zero-order valence-corrected chi connectivity index (χ0v) is 21.1. The fourth-order valence-corrected chi connectivity index (χ4v) is 4.11. The predicted molar refractivity (Wildman–Crippen MR) is 134 cm³/mol. The zero-order chi connectivity index (χ0) is 22.0. The molecule has 0 aliphatic rings. The third-order valence-corrected chi connectivity index (χ3v) is 6.20. The Morgan fingerprint density at radius 1 is 1.00 bits per heavy atom. The highest BCUT2D eigenvalue weighted by atomic mass is 79.9. The Kier molecular flexibility index (Phi) is 6.69. The Morgan fingerprint density at radius 2 is 1.74 bits per heavy atom. The van der Waals surface area contributed by atoms with Crippen LogP contribution in [-0.2, 0) is 6.61 Å². The van der Waals surface area contributed by atoms with Crippen molar-refractivity contribution >= 4 is 64.9 Å². The molecule has 0 aliphatic heterocycles. The van der Waals surface area contributed by atoms with E-state index in [4.69, 9.17) is 4.74 Å². The third-order valence-electron chi connectivity index (χ3n) is 4.56. The van der Waals surface area contributed by atoms with Crippen LogP contribution in [0.3, 0.4) is 0 Å². The molecule has 0 radical (unpaired) electrons. The van der Waals surface area contributed by atoms with Gasteiger partial charge in [-0.15, -0.1) is 0 Å². The first-order chi connectivity index (χ1) is 14.9. The number of aromatic nitrogens is 2. The summed E-state index contributed by atoms with van der Waals surface area (Å²) in [5.74, 6) is 1.25. The van der Waals surface area contributed by atoms with Gasteiger partial charge in [0.2, 0.25) is 0 Å². The number of rotatable bonds is 5. The minimum Gasteiger partial charge on any atom is -0.488 e. The quantitative estimate of drug-likeness (QED) is 0.246. The molecule has 4 rings (SSSR count). The van der Waals surface area contributed by atoms with E-state index in [1.807, 2.05) is 54.6 Å². The Morgan fingerprint density at radius 3 is 2.48 bits per heavy atom. The monoisotopic (exact) mass is 603 g/mol. The van der Waals surface area contributed by atoms with Crippen LogP contribution < -0.4 is 10.3 Å². The van der Waals surface area contributed by atoms with Crippen molar-refractivity contribution in [3.63, 3.8) is 0 Å². The van der Waals surface area contributed by atoms with Gasteiger partial charge in [0.1, 0.15) is 18.2 Å². The summed E-state index contributed by atoms with van der Waals surface area (Å²) in [4.78, 5) is 17.3. The summed E-state index contributed by atoms with van der Waals surface area (Å²) < 4.78 is 9.86. The summed E-state index contributed by atoms with van der Waals surface area (Å²) in [6.07, 6.45) is 1.63. The van der Waals surface area contributed by atoms with Crippen molar-refractivity contribution in [2.24, 2.45) is 5.10 Å². The molecular weight excluding hydrogens is 590 g/mol. The highest BCUT2D eigenvalue weighted by Crippen LogP contribution is 2.26. The van der Waals surface area contributed by atoms with Crippen LogP contribution in [0.15, 0.2) is 84.0 Å². The van der Waals surface area contributed by atoms with Crippen molar-refractivity contribution in [2.75, 3.05) is 0 Å². The average Bonchev–Trinajstić information content (AvgIpc) is 2.75. The smallest absolute Gasteiger partial charge is 0.282 e. The standard InChI is InChI=1S/C23H16Br3N3O2/c1-14-28-21-8-7-18(25)11-19(21)23(30)29(14)27-12-16-4-9-22(20(26)10-16)31-13-15-2-5-17(24)6-3-15/h2-12H,13H2,1H3. The molecule has 0 unspecified atom stereocenters. The van der Waals surface area contributed by atoms with Gasteiger partial charge in [-0.25, -0.2) is 4.98 Å². The average molecular weight is 606 g/mol. The number of fused-ring (bicyclic) bond motifs is 1. The second-order valence-corrected chi connectivity index (χ2v) is 9.47. The first-order valence-electron chi connectivity index (χ1n) is 9.31. The highest BCUT2D eigenvalue weighted by molar-refractivity contribution is 9.11. The Labute approximate surface area is 204 Å². The third kappa shape index (κ3) is 5.14. The molecule has 1 aromatic heterocycles. The van der Waals surface area contributed by atoms with E-state index in [-0.39, 0.29) is 5.56 Å². The zero-order valence-electron chi connectivity index (χ0n) is 16.3. The molecule has 8 heteroatoms. The molecule has 156 valence electrons. The number of hydrogen-bond acceptors (Lipinski definition) is 4. The molecule has 0 atom stereocenters. The summed E-state index contributed by atoms with van der Waals surface area (Å²) in [6.45, 7) is 2.22. The van der Waals surface area contributed by atoms with Gasteiger partial charge in [-0.2, -0.15) is 9.78 Å². The lowest BCUT2D eigenvalue weighted by molar-refractivity contribution is 0.304. The van der Waals surface area contributed by atoms with Crippen LogP contribution in [0.1, 0.15) is 17.0 Å². The molecule has 0 spiro atoms. The molecule has 4 aromatic rings. The van der Waals surface area contributed by atoms with E-state index >= 15 is 0 Å². The molecule has 0 fully saturated rings. The maximum absolute atomic E-state index is 12.8. The molecule has 0 aliphatic carbocycles. The Balaban J connectivity index is 1.55. The minimum absolute atomic E-state index is 0.214. The molecule has 0 saturated heterocycles. The van der Waals surface area contributed by atoms with Crippen molar-refractivity contribution < 1.29 is 4.74 Å². The van der Waals surface area contributed by atoms with E-state index in [0.29, 0.717) is 23.3 Å². The van der Waals surface area contributed by atoms with Crippen LogP contribution in [0.4, 0.5) is 0 Å². The van der Waals surface area contributed by atoms with Gasteiger partial charge in [0.25, 0.3) is 5.56 Å². The van der Waals surface area contributed by atoms with Gasteiger partial charge in [-0.3, -0.25) is 4.79 Å². The summed E-state index contributed by atoms with van der Waals surface area (Å²) in [6, 6.07) is 19.1. The summed E-state index contributed by atoms with van der Waals surface area (Å²) >= 11 is 10.4. The first-order valence-corrected chi connectivity index (χ1v) is 11.7. The van der Waals surface area contributed by atoms with Crippen LogP contribution in [0.25, 0.3) is 10.9 Å². The van der Waals surface area contributed by atoms with Gasteiger partial charge in [-0.05, 0) is 82.5 Å². The summed E-state index contributed by atoms with van der Waals surface area (Å²) in [7, 11) is 0. The molecule has 5 nitrogen and oxygen atoms in total. The van der Waals surface area contributed by atoms with Crippen LogP contribution in [-0.4, -0.2) is 15.9 Å². The van der Waals surface area contributed by atoms with Crippen LogP contribution >= 0.6 is 47.8 Å². The number of halogens is 3. The first kappa shape index (κ1) is 21.9. The van der Waals surface area contributed by atoms with Gasteiger partial charge in [0.15, 0.2) is 0 Å². The summed E-state index contributed by atoms with van der Waals surface area (Å²) in [5.41, 5.74) is 2.33. The number of nitrogens with zero attached hydrogens (tertiary/aromatic N) is 3. The topological polar surface area (TPSA) is 56.5 Å². The van der Waals surface area contributed by atoms with Crippen molar-refractivity contribution in [1.82, 2.24) is 9.66 Å². The van der Waals surface area contributed by atoms with E-state index in [1.165, 1.54) is 4.68 Å². The van der Waals surface area contributed by atoms with Gasteiger partial charge in [0.05, 0.1) is 21.6 Å². The molecule has 0 amide bonds.